The van der Waals surface area contributed by atoms with Crippen LogP contribution in [-0.4, -0.2) is 42.1 Å². The fourth-order valence-electron chi connectivity index (χ4n) is 2.90. The molecule has 1 aromatic heterocycles. The highest BCUT2D eigenvalue weighted by Gasteiger charge is 2.08. The minimum absolute atomic E-state index is 0.713. The van der Waals surface area contributed by atoms with E-state index in [-0.39, 0.29) is 0 Å². The Bertz CT molecular complexity index is 906. The van der Waals surface area contributed by atoms with Gasteiger partial charge in [0.05, 0.1) is 0 Å². The zero-order valence-electron chi connectivity index (χ0n) is 17.2. The Labute approximate surface area is 167 Å². The van der Waals surface area contributed by atoms with Crippen LogP contribution in [0.4, 0.5) is 17.3 Å². The van der Waals surface area contributed by atoms with E-state index in [1.165, 1.54) is 11.1 Å². The van der Waals surface area contributed by atoms with Crippen molar-refractivity contribution in [2.24, 2.45) is 0 Å². The van der Waals surface area contributed by atoms with E-state index in [1.807, 2.05) is 36.4 Å². The summed E-state index contributed by atoms with van der Waals surface area (Å²) in [5.41, 5.74) is 4.56. The van der Waals surface area contributed by atoms with Crippen LogP contribution in [0.15, 0.2) is 54.6 Å². The van der Waals surface area contributed by atoms with Gasteiger partial charge in [-0.1, -0.05) is 36.4 Å². The molecule has 5 nitrogen and oxygen atoms in total. The molecule has 0 saturated carbocycles. The molecule has 0 aliphatic rings. The summed E-state index contributed by atoms with van der Waals surface area (Å²) in [4.78, 5) is 11.6. The lowest BCUT2D eigenvalue weighted by atomic mass is 10.1. The first-order chi connectivity index (χ1) is 13.5. The predicted octanol–water partition coefficient (Wildman–Crippen LogP) is 4.87. The second kappa shape index (κ2) is 9.33. The molecule has 5 heteroatoms. The minimum Gasteiger partial charge on any atom is -0.370 e. The summed E-state index contributed by atoms with van der Waals surface area (Å²) in [6.07, 6.45) is 1.05. The van der Waals surface area contributed by atoms with E-state index >= 15 is 0 Å². The Morgan fingerprint density at radius 2 is 1.61 bits per heavy atom. The third kappa shape index (κ3) is 5.54. The third-order valence-electron chi connectivity index (χ3n) is 4.63. The smallest absolute Gasteiger partial charge is 0.163 e. The number of benzene rings is 2. The van der Waals surface area contributed by atoms with Crippen LogP contribution in [0.2, 0.25) is 0 Å². The zero-order valence-corrected chi connectivity index (χ0v) is 17.2. The highest BCUT2D eigenvalue weighted by Crippen LogP contribution is 2.24. The van der Waals surface area contributed by atoms with Crippen molar-refractivity contribution in [1.29, 1.82) is 0 Å². The van der Waals surface area contributed by atoms with Gasteiger partial charge in [-0.25, -0.2) is 9.97 Å². The molecular formula is C23H29N5. The second-order valence-electron chi connectivity index (χ2n) is 7.34. The molecule has 0 amide bonds. The van der Waals surface area contributed by atoms with Crippen molar-refractivity contribution in [2.45, 2.75) is 20.3 Å². The van der Waals surface area contributed by atoms with Crippen molar-refractivity contribution in [1.82, 2.24) is 14.9 Å². The fraction of sp³-hybridized carbons (Fsp3) is 0.304. The molecule has 0 atom stereocenters. The first-order valence-electron chi connectivity index (χ1n) is 9.68. The number of aryl methyl sites for hydroxylation is 2. The molecule has 0 fully saturated rings. The zero-order chi connectivity index (χ0) is 19.9. The van der Waals surface area contributed by atoms with Gasteiger partial charge in [-0.3, -0.25) is 0 Å². The standard InChI is InChI=1S/C23H29N5/c1-17-11-12-20(15-18(17)2)25-22-16-21(24-13-8-14-28(3)4)26-23(27-22)19-9-6-5-7-10-19/h5-7,9-12,15-16H,8,13-14H2,1-4H3,(H2,24,25,26,27). The monoisotopic (exact) mass is 375 g/mol. The largest absolute Gasteiger partial charge is 0.370 e. The second-order valence-corrected chi connectivity index (χ2v) is 7.34. The Morgan fingerprint density at radius 1 is 0.857 bits per heavy atom. The number of hydrogen-bond acceptors (Lipinski definition) is 5. The third-order valence-corrected chi connectivity index (χ3v) is 4.63. The topological polar surface area (TPSA) is 53.1 Å². The maximum Gasteiger partial charge on any atom is 0.163 e. The average Bonchev–Trinajstić information content (AvgIpc) is 2.68. The molecule has 2 N–H and O–H groups in total. The molecule has 0 spiro atoms. The van der Waals surface area contributed by atoms with Crippen LogP contribution in [0.5, 0.6) is 0 Å². The van der Waals surface area contributed by atoms with Crippen molar-refractivity contribution in [3.8, 4) is 11.4 Å². The Kier molecular flexibility index (Phi) is 6.61. The number of aromatic nitrogens is 2. The molecule has 0 unspecified atom stereocenters. The Morgan fingerprint density at radius 3 is 2.32 bits per heavy atom. The van der Waals surface area contributed by atoms with Crippen LogP contribution in [0, 0.1) is 13.8 Å². The van der Waals surface area contributed by atoms with Crippen molar-refractivity contribution in [3.63, 3.8) is 0 Å². The quantitative estimate of drug-likeness (QED) is 0.550. The molecule has 2 aromatic carbocycles. The first-order valence-corrected chi connectivity index (χ1v) is 9.68. The molecule has 28 heavy (non-hydrogen) atoms. The van der Waals surface area contributed by atoms with Gasteiger partial charge in [-0.2, -0.15) is 0 Å². The first kappa shape index (κ1) is 19.8. The molecule has 3 rings (SSSR count). The van der Waals surface area contributed by atoms with Crippen LogP contribution >= 0.6 is 0 Å². The Hall–Kier alpha value is -2.92. The van der Waals surface area contributed by atoms with E-state index in [0.29, 0.717) is 5.82 Å². The molecule has 0 bridgehead atoms. The van der Waals surface area contributed by atoms with Crippen LogP contribution in [-0.2, 0) is 0 Å². The number of hydrogen-bond donors (Lipinski definition) is 2. The SMILES string of the molecule is Cc1ccc(Nc2cc(NCCCN(C)C)nc(-c3ccccc3)n2)cc1C. The minimum atomic E-state index is 0.713. The summed E-state index contributed by atoms with van der Waals surface area (Å²) in [6.45, 7) is 6.14. The highest BCUT2D eigenvalue weighted by molar-refractivity contribution is 5.65. The molecule has 0 aliphatic carbocycles. The molecule has 3 aromatic rings. The number of anilines is 3. The van der Waals surface area contributed by atoms with Crippen LogP contribution in [0.1, 0.15) is 17.5 Å². The molecule has 146 valence electrons. The molecule has 1 heterocycles. The van der Waals surface area contributed by atoms with E-state index in [0.717, 1.165) is 42.4 Å². The van der Waals surface area contributed by atoms with Gasteiger partial charge < -0.3 is 15.5 Å². The van der Waals surface area contributed by atoms with Crippen LogP contribution in [0.3, 0.4) is 0 Å². The van der Waals surface area contributed by atoms with Gasteiger partial charge in [0, 0.05) is 23.9 Å². The normalized spacial score (nSPS) is 10.9. The summed E-state index contributed by atoms with van der Waals surface area (Å²) >= 11 is 0. The summed E-state index contributed by atoms with van der Waals surface area (Å²) < 4.78 is 0. The van der Waals surface area contributed by atoms with Gasteiger partial charge in [0.15, 0.2) is 5.82 Å². The predicted molar refractivity (Wildman–Crippen MR) is 118 cm³/mol. The van der Waals surface area contributed by atoms with Crippen molar-refractivity contribution in [3.05, 3.63) is 65.7 Å². The lowest BCUT2D eigenvalue weighted by Gasteiger charge is -2.13. The van der Waals surface area contributed by atoms with E-state index in [2.05, 4.69) is 61.7 Å². The van der Waals surface area contributed by atoms with Gasteiger partial charge in [0.25, 0.3) is 0 Å². The van der Waals surface area contributed by atoms with Gasteiger partial charge in [0.2, 0.25) is 0 Å². The van der Waals surface area contributed by atoms with E-state index in [9.17, 15) is 0 Å². The van der Waals surface area contributed by atoms with Gasteiger partial charge >= 0.3 is 0 Å². The van der Waals surface area contributed by atoms with E-state index < -0.39 is 0 Å². The maximum absolute atomic E-state index is 4.74. The summed E-state index contributed by atoms with van der Waals surface area (Å²) in [5.74, 6) is 2.33. The van der Waals surface area contributed by atoms with Gasteiger partial charge in [-0.05, 0) is 64.2 Å². The van der Waals surface area contributed by atoms with Gasteiger partial charge in [0.1, 0.15) is 11.6 Å². The number of rotatable bonds is 8. The fourth-order valence-corrected chi connectivity index (χ4v) is 2.90. The maximum atomic E-state index is 4.74. The van der Waals surface area contributed by atoms with Crippen LogP contribution in [0.25, 0.3) is 11.4 Å². The lowest BCUT2D eigenvalue weighted by molar-refractivity contribution is 0.405. The highest BCUT2D eigenvalue weighted by atomic mass is 15.1. The summed E-state index contributed by atoms with van der Waals surface area (Å²) in [6, 6.07) is 18.4. The molecule has 0 radical (unpaired) electrons. The van der Waals surface area contributed by atoms with E-state index in [4.69, 9.17) is 9.97 Å². The van der Waals surface area contributed by atoms with Crippen molar-refractivity contribution in [2.75, 3.05) is 37.8 Å². The van der Waals surface area contributed by atoms with Crippen molar-refractivity contribution < 1.29 is 0 Å². The summed E-state index contributed by atoms with van der Waals surface area (Å²) in [7, 11) is 4.17. The molecule has 0 saturated heterocycles. The van der Waals surface area contributed by atoms with Crippen molar-refractivity contribution >= 4 is 17.3 Å². The molecular weight excluding hydrogens is 346 g/mol. The van der Waals surface area contributed by atoms with E-state index in [1.54, 1.807) is 0 Å². The lowest BCUT2D eigenvalue weighted by Crippen LogP contribution is -2.16. The Balaban J connectivity index is 1.85. The number of nitrogens with one attached hydrogen (secondary N) is 2. The molecule has 0 aliphatic heterocycles. The summed E-state index contributed by atoms with van der Waals surface area (Å²) in [5, 5.41) is 6.87. The van der Waals surface area contributed by atoms with Gasteiger partial charge in [-0.15, -0.1) is 0 Å². The van der Waals surface area contributed by atoms with Crippen LogP contribution < -0.4 is 10.6 Å². The number of nitrogens with zero attached hydrogens (tertiary/aromatic N) is 3. The average molecular weight is 376 g/mol.